The minimum absolute atomic E-state index is 0.329. The molecule has 4 rings (SSSR count). The summed E-state index contributed by atoms with van der Waals surface area (Å²) in [6.07, 6.45) is 7.13. The number of fused-ring (bicyclic) bond motifs is 3. The lowest BCUT2D eigenvalue weighted by atomic mass is 9.75. The van der Waals surface area contributed by atoms with Crippen LogP contribution in [-0.2, 0) is 26.2 Å². The zero-order valence-electron chi connectivity index (χ0n) is 23.5. The third-order valence-corrected chi connectivity index (χ3v) is 7.94. The lowest BCUT2D eigenvalue weighted by Gasteiger charge is -2.34. The van der Waals surface area contributed by atoms with E-state index in [0.717, 1.165) is 29.7 Å². The molecule has 2 aromatic rings. The number of carbonyl (C=O) groups excluding carboxylic acids is 2. The van der Waals surface area contributed by atoms with Gasteiger partial charge >= 0.3 is 5.97 Å². The van der Waals surface area contributed by atoms with Crippen molar-refractivity contribution in [1.82, 2.24) is 10.2 Å². The zero-order valence-corrected chi connectivity index (χ0v) is 23.5. The van der Waals surface area contributed by atoms with E-state index in [1.165, 1.54) is 11.1 Å². The summed E-state index contributed by atoms with van der Waals surface area (Å²) in [5.41, 5.74) is 11.4. The van der Waals surface area contributed by atoms with Crippen LogP contribution in [0.2, 0.25) is 0 Å². The van der Waals surface area contributed by atoms with Crippen molar-refractivity contribution in [3.8, 4) is 0 Å². The number of carboxylic acids is 1. The molecule has 1 fully saturated rings. The summed E-state index contributed by atoms with van der Waals surface area (Å²) in [6.45, 7) is 5.78. The van der Waals surface area contributed by atoms with Gasteiger partial charge in [0.25, 0.3) is 0 Å². The van der Waals surface area contributed by atoms with Crippen molar-refractivity contribution in [3.63, 3.8) is 0 Å². The molecule has 8 nitrogen and oxygen atoms in total. The Bertz CT molecular complexity index is 1300. The first-order valence-electron chi connectivity index (χ1n) is 13.9. The summed E-state index contributed by atoms with van der Waals surface area (Å²) in [5, 5.41) is 15.2. The normalized spacial score (nSPS) is 22.1. The van der Waals surface area contributed by atoms with Gasteiger partial charge in [-0.15, -0.1) is 0 Å². The average Bonchev–Trinajstić information content (AvgIpc) is 3.41. The highest BCUT2D eigenvalue weighted by molar-refractivity contribution is 5.93. The molecule has 2 heterocycles. The minimum atomic E-state index is -1.14. The van der Waals surface area contributed by atoms with E-state index in [-0.39, 0.29) is 5.91 Å². The predicted molar refractivity (Wildman–Crippen MR) is 157 cm³/mol. The van der Waals surface area contributed by atoms with Crippen molar-refractivity contribution in [3.05, 3.63) is 89.0 Å². The van der Waals surface area contributed by atoms with Gasteiger partial charge in [-0.2, -0.15) is 0 Å². The Hall–Kier alpha value is -3.91. The van der Waals surface area contributed by atoms with Crippen molar-refractivity contribution in [2.24, 2.45) is 5.73 Å². The molecule has 2 aliphatic heterocycles. The summed E-state index contributed by atoms with van der Waals surface area (Å²) >= 11 is 0. The number of rotatable bonds is 11. The molecule has 0 radical (unpaired) electrons. The van der Waals surface area contributed by atoms with Crippen LogP contribution in [0, 0.1) is 0 Å². The van der Waals surface area contributed by atoms with Gasteiger partial charge in [0.15, 0.2) is 0 Å². The van der Waals surface area contributed by atoms with Crippen molar-refractivity contribution < 1.29 is 19.5 Å². The summed E-state index contributed by atoms with van der Waals surface area (Å²) in [4.78, 5) is 40.3. The summed E-state index contributed by atoms with van der Waals surface area (Å²) < 4.78 is 0. The molecule has 2 aromatic carbocycles. The second-order valence-corrected chi connectivity index (χ2v) is 11.2. The van der Waals surface area contributed by atoms with E-state index in [1.807, 2.05) is 48.5 Å². The zero-order chi connectivity index (χ0) is 28.9. The molecule has 8 heteroatoms. The van der Waals surface area contributed by atoms with Crippen LogP contribution >= 0.6 is 0 Å². The molecule has 1 saturated heterocycles. The Morgan fingerprint density at radius 1 is 1.10 bits per heavy atom. The van der Waals surface area contributed by atoms with Crippen molar-refractivity contribution in [2.45, 2.75) is 76.5 Å². The second-order valence-electron chi connectivity index (χ2n) is 11.2. The number of nitrogens with one attached hydrogen (secondary N) is 2. The molecule has 0 aliphatic carbocycles. The topological polar surface area (TPSA) is 125 Å². The maximum absolute atomic E-state index is 14.0. The number of benzene rings is 2. The monoisotopic (exact) mass is 544 g/mol. The van der Waals surface area contributed by atoms with Crippen molar-refractivity contribution in [2.75, 3.05) is 11.9 Å². The Labute approximate surface area is 236 Å². The average molecular weight is 545 g/mol. The molecule has 5 N–H and O–H groups in total. The highest BCUT2D eigenvalue weighted by atomic mass is 16.4. The van der Waals surface area contributed by atoms with Crippen LogP contribution in [0.5, 0.6) is 0 Å². The van der Waals surface area contributed by atoms with Gasteiger partial charge in [0.1, 0.15) is 18.8 Å². The molecular weight excluding hydrogens is 504 g/mol. The van der Waals surface area contributed by atoms with Crippen LogP contribution in [0.25, 0.3) is 0 Å². The van der Waals surface area contributed by atoms with Gasteiger partial charge in [0.05, 0.1) is 6.04 Å². The number of amides is 2. The number of carboxylic acid groups (broad SMARTS) is 1. The minimum Gasteiger partial charge on any atom is -0.480 e. The van der Waals surface area contributed by atoms with Crippen LogP contribution in [0.4, 0.5) is 5.69 Å². The number of nitrogens with two attached hydrogens (primary N) is 1. The number of hydrogen-bond acceptors (Lipinski definition) is 5. The van der Waals surface area contributed by atoms with Gasteiger partial charge in [0.2, 0.25) is 11.8 Å². The second kappa shape index (κ2) is 12.5. The molecule has 0 saturated carbocycles. The third kappa shape index (κ3) is 6.28. The molecule has 4 atom stereocenters. The van der Waals surface area contributed by atoms with Gasteiger partial charge < -0.3 is 26.4 Å². The van der Waals surface area contributed by atoms with E-state index >= 15 is 0 Å². The van der Waals surface area contributed by atoms with Crippen molar-refractivity contribution in [1.29, 1.82) is 0 Å². The molecule has 2 aliphatic rings. The summed E-state index contributed by atoms with van der Waals surface area (Å²) in [5.74, 6) is -1.96. The van der Waals surface area contributed by atoms with E-state index in [4.69, 9.17) is 5.73 Å². The van der Waals surface area contributed by atoms with E-state index < -0.39 is 42.1 Å². The van der Waals surface area contributed by atoms with Crippen LogP contribution in [0.3, 0.4) is 0 Å². The number of anilines is 1. The van der Waals surface area contributed by atoms with E-state index in [2.05, 4.69) is 49.6 Å². The lowest BCUT2D eigenvalue weighted by molar-refractivity contribution is -0.142. The number of nitrogens with zero attached hydrogens (tertiary/aromatic N) is 1. The van der Waals surface area contributed by atoms with Gasteiger partial charge in [-0.05, 0) is 70.1 Å². The standard InChI is InChI=1S/C32H40N4O4/c1-21(2)10-9-11-22(3)16-17-32-19-27(29(39)34-20-28(37)38)36(31(32)35-26-15-8-7-14-24(26)32)30(40)25(33)18-23-12-5-4-6-13-23/h4-8,10,12-16,25,27,31,35H,9,11,17-20,33H2,1-3H3,(H,34,39)(H,37,38)/b22-16+/t25-,27+,31-,32-/m1/s1. The summed E-state index contributed by atoms with van der Waals surface area (Å²) in [7, 11) is 0. The molecule has 212 valence electrons. The fourth-order valence-corrected chi connectivity index (χ4v) is 5.94. The molecule has 2 amide bonds. The van der Waals surface area contributed by atoms with Crippen molar-refractivity contribution >= 4 is 23.5 Å². The van der Waals surface area contributed by atoms with E-state index in [9.17, 15) is 19.5 Å². The number of likely N-dealkylation sites (tertiary alicyclic amines) is 1. The first-order chi connectivity index (χ1) is 19.1. The largest absolute Gasteiger partial charge is 0.480 e. The van der Waals surface area contributed by atoms with E-state index in [1.54, 1.807) is 4.90 Å². The highest BCUT2D eigenvalue weighted by Crippen LogP contribution is 2.53. The van der Waals surface area contributed by atoms with Gasteiger partial charge in [-0.3, -0.25) is 14.4 Å². The number of allylic oxidation sites excluding steroid dienone is 4. The van der Waals surface area contributed by atoms with Crippen LogP contribution in [-0.4, -0.2) is 52.6 Å². The van der Waals surface area contributed by atoms with Gasteiger partial charge in [-0.1, -0.05) is 71.8 Å². The molecule has 0 unspecified atom stereocenters. The Morgan fingerprint density at radius 2 is 1.80 bits per heavy atom. The number of carbonyl (C=O) groups is 3. The highest BCUT2D eigenvalue weighted by Gasteiger charge is 2.60. The Morgan fingerprint density at radius 3 is 2.50 bits per heavy atom. The molecule has 0 spiro atoms. The van der Waals surface area contributed by atoms with Gasteiger partial charge in [-0.25, -0.2) is 0 Å². The first-order valence-corrected chi connectivity index (χ1v) is 13.9. The fourth-order valence-electron chi connectivity index (χ4n) is 5.94. The summed E-state index contributed by atoms with van der Waals surface area (Å²) in [6, 6.07) is 15.8. The van der Waals surface area contributed by atoms with Crippen LogP contribution in [0.15, 0.2) is 77.9 Å². The predicted octanol–water partition coefficient (Wildman–Crippen LogP) is 4.13. The maximum atomic E-state index is 14.0. The Kier molecular flexibility index (Phi) is 9.10. The Balaban J connectivity index is 1.69. The molecule has 0 bridgehead atoms. The smallest absolute Gasteiger partial charge is 0.322 e. The third-order valence-electron chi connectivity index (χ3n) is 7.94. The van der Waals surface area contributed by atoms with Gasteiger partial charge in [0, 0.05) is 11.1 Å². The maximum Gasteiger partial charge on any atom is 0.322 e. The lowest BCUT2D eigenvalue weighted by Crippen LogP contribution is -2.57. The molecule has 40 heavy (non-hydrogen) atoms. The number of para-hydroxylation sites is 1. The number of hydrogen-bond donors (Lipinski definition) is 4. The molecular formula is C32H40N4O4. The number of aliphatic carboxylic acids is 1. The van der Waals surface area contributed by atoms with Crippen LogP contribution < -0.4 is 16.4 Å². The first kappa shape index (κ1) is 29.1. The SMILES string of the molecule is CC(C)=CCC/C(C)=C/C[C@]12C[C@@H](C(=O)NCC(=O)O)N(C(=O)[C@H](N)Cc3ccccc3)[C@H]1Nc1ccccc12. The fraction of sp³-hybridized carbons (Fsp3) is 0.406. The quantitative estimate of drug-likeness (QED) is 0.315. The van der Waals surface area contributed by atoms with E-state index in [0.29, 0.717) is 19.3 Å². The van der Waals surface area contributed by atoms with Crippen LogP contribution in [0.1, 0.15) is 57.6 Å². The molecule has 0 aromatic heterocycles.